The molecule has 166 valence electrons. The number of anilines is 1. The number of hydrogen-bond donors (Lipinski definition) is 0. The number of para-hydroxylation sites is 1. The van der Waals surface area contributed by atoms with Gasteiger partial charge >= 0.3 is 11.9 Å². The fourth-order valence-electron chi connectivity index (χ4n) is 3.66. The van der Waals surface area contributed by atoms with Crippen LogP contribution in [0.2, 0.25) is 0 Å². The maximum absolute atomic E-state index is 12.6. The lowest BCUT2D eigenvalue weighted by atomic mass is 9.83. The van der Waals surface area contributed by atoms with Gasteiger partial charge in [0.15, 0.2) is 0 Å². The molecule has 5 nitrogen and oxygen atoms in total. The van der Waals surface area contributed by atoms with E-state index in [1.165, 1.54) is 23.5 Å². The van der Waals surface area contributed by atoms with Crippen LogP contribution in [0.4, 0.5) is 5.69 Å². The fraction of sp³-hybridized carbons (Fsp3) is 0.435. The van der Waals surface area contributed by atoms with Crippen molar-refractivity contribution < 1.29 is 19.1 Å². The fourth-order valence-corrected chi connectivity index (χ4v) is 6.67. The van der Waals surface area contributed by atoms with Crippen molar-refractivity contribution in [1.29, 1.82) is 0 Å². The number of ether oxygens (including phenoxy) is 2. The average molecular weight is 478 g/mol. The Bertz CT molecular complexity index is 949. The summed E-state index contributed by atoms with van der Waals surface area (Å²) in [7, 11) is 0. The number of hydrogen-bond acceptors (Lipinski definition) is 8. The molecule has 0 aromatic heterocycles. The highest BCUT2D eigenvalue weighted by molar-refractivity contribution is 8.29. The summed E-state index contributed by atoms with van der Waals surface area (Å²) in [4.78, 5) is 28.9. The molecule has 2 heterocycles. The molecule has 0 aliphatic carbocycles. The van der Waals surface area contributed by atoms with Crippen molar-refractivity contribution >= 4 is 63.8 Å². The van der Waals surface area contributed by atoms with E-state index < -0.39 is 11.9 Å². The Hall–Kier alpha value is -1.77. The summed E-state index contributed by atoms with van der Waals surface area (Å²) in [5.41, 5.74) is 2.64. The van der Waals surface area contributed by atoms with Gasteiger partial charge in [-0.1, -0.05) is 60.9 Å². The van der Waals surface area contributed by atoms with Crippen LogP contribution in [-0.2, 0) is 19.1 Å². The van der Waals surface area contributed by atoms with Gasteiger partial charge < -0.3 is 14.4 Å². The van der Waals surface area contributed by atoms with Crippen LogP contribution < -0.4 is 4.90 Å². The number of benzene rings is 1. The van der Waals surface area contributed by atoms with Crippen LogP contribution in [0.1, 0.15) is 46.6 Å². The molecule has 2 aliphatic heterocycles. The Morgan fingerprint density at radius 1 is 1.00 bits per heavy atom. The van der Waals surface area contributed by atoms with E-state index in [-0.39, 0.29) is 28.6 Å². The molecule has 2 aliphatic rings. The number of carbonyl (C=O) groups is 2. The zero-order valence-corrected chi connectivity index (χ0v) is 20.9. The first-order chi connectivity index (χ1) is 14.8. The van der Waals surface area contributed by atoms with Crippen molar-refractivity contribution in [2.75, 3.05) is 24.7 Å². The molecule has 0 bridgehead atoms. The summed E-state index contributed by atoms with van der Waals surface area (Å²) >= 11 is 8.50. The number of carbonyl (C=O) groups excluding carboxylic acids is 2. The second-order valence-corrected chi connectivity index (χ2v) is 10.2. The average Bonchev–Trinajstić information content (AvgIpc) is 3.17. The first-order valence-corrected chi connectivity index (χ1v) is 12.4. The first kappa shape index (κ1) is 23.9. The van der Waals surface area contributed by atoms with E-state index in [0.29, 0.717) is 0 Å². The third-order valence-corrected chi connectivity index (χ3v) is 8.35. The zero-order valence-electron chi connectivity index (χ0n) is 18.4. The predicted octanol–water partition coefficient (Wildman–Crippen LogP) is 5.55. The van der Waals surface area contributed by atoms with Crippen LogP contribution in [0.5, 0.6) is 0 Å². The molecule has 8 heteroatoms. The lowest BCUT2D eigenvalue weighted by Gasteiger charge is -2.46. The normalized spacial score (nSPS) is 17.7. The smallest absolute Gasteiger partial charge is 0.346 e. The van der Waals surface area contributed by atoms with Gasteiger partial charge in [0.05, 0.1) is 23.0 Å². The highest BCUT2D eigenvalue weighted by Gasteiger charge is 2.43. The van der Waals surface area contributed by atoms with E-state index in [1.807, 2.05) is 12.1 Å². The van der Waals surface area contributed by atoms with Gasteiger partial charge in [-0.05, 0) is 40.2 Å². The molecule has 0 fully saturated rings. The number of thioether (sulfide) groups is 2. The third-order valence-electron chi connectivity index (χ3n) is 5.09. The summed E-state index contributed by atoms with van der Waals surface area (Å²) in [5.74, 6) is -1.03. The van der Waals surface area contributed by atoms with Crippen molar-refractivity contribution in [3.63, 3.8) is 0 Å². The molecule has 0 spiro atoms. The highest BCUT2D eigenvalue weighted by atomic mass is 32.2. The largest absolute Gasteiger partial charge is 0.462 e. The molecule has 0 N–H and O–H groups in total. The third kappa shape index (κ3) is 4.43. The van der Waals surface area contributed by atoms with Gasteiger partial charge in [0, 0.05) is 28.2 Å². The van der Waals surface area contributed by atoms with Crippen LogP contribution in [0.15, 0.2) is 38.3 Å². The Morgan fingerprint density at radius 2 is 1.55 bits per heavy atom. The van der Waals surface area contributed by atoms with Gasteiger partial charge in [-0.3, -0.25) is 0 Å². The van der Waals surface area contributed by atoms with Gasteiger partial charge in [0.1, 0.15) is 9.81 Å². The molecule has 0 unspecified atom stereocenters. The maximum atomic E-state index is 12.6. The number of fused-ring (bicyclic) bond motifs is 1. The zero-order chi connectivity index (χ0) is 22.8. The summed E-state index contributed by atoms with van der Waals surface area (Å²) < 4.78 is 11.2. The molecular formula is C23H27NO4S3. The van der Waals surface area contributed by atoms with Gasteiger partial charge in [-0.15, -0.1) is 0 Å². The van der Waals surface area contributed by atoms with Crippen LogP contribution in [0.3, 0.4) is 0 Å². The lowest BCUT2D eigenvalue weighted by molar-refractivity contribution is -0.140. The maximum Gasteiger partial charge on any atom is 0.346 e. The number of rotatable bonds is 6. The molecule has 0 atom stereocenters. The van der Waals surface area contributed by atoms with Gasteiger partial charge in [0.25, 0.3) is 0 Å². The molecule has 0 saturated heterocycles. The molecular weight excluding hydrogens is 450 g/mol. The van der Waals surface area contributed by atoms with Crippen molar-refractivity contribution in [1.82, 2.24) is 0 Å². The first-order valence-electron chi connectivity index (χ1n) is 10.4. The van der Waals surface area contributed by atoms with E-state index in [0.717, 1.165) is 38.9 Å². The SMILES string of the molecule is CCCN1c2ccccc2C(=C2SC(C(=O)OCC)=C(C(=O)OCC)S2)C(=S)C1(C)C. The number of nitrogens with zero attached hydrogens (tertiary/aromatic N) is 1. The monoisotopic (exact) mass is 477 g/mol. The standard InChI is InChI=1S/C23H27NO4S3/c1-6-13-24-15-12-10-9-11-14(15)16(19(29)23(24,4)5)22-30-17(20(25)27-7-2)18(31-22)21(26)28-8-3/h9-12H,6-8,13H2,1-5H3. The Kier molecular flexibility index (Phi) is 7.55. The summed E-state index contributed by atoms with van der Waals surface area (Å²) in [5, 5.41) is 0. The summed E-state index contributed by atoms with van der Waals surface area (Å²) in [6.07, 6.45) is 0.997. The minimum Gasteiger partial charge on any atom is -0.462 e. The second-order valence-electron chi connectivity index (χ2n) is 7.52. The van der Waals surface area contributed by atoms with Crippen LogP contribution in [0, 0.1) is 0 Å². The Labute approximate surface area is 197 Å². The number of esters is 2. The quantitative estimate of drug-likeness (QED) is 0.300. The van der Waals surface area contributed by atoms with E-state index in [1.54, 1.807) is 13.8 Å². The Morgan fingerprint density at radius 3 is 2.06 bits per heavy atom. The predicted molar refractivity (Wildman–Crippen MR) is 133 cm³/mol. The van der Waals surface area contributed by atoms with Crippen molar-refractivity contribution in [2.45, 2.75) is 46.6 Å². The van der Waals surface area contributed by atoms with E-state index in [9.17, 15) is 9.59 Å². The van der Waals surface area contributed by atoms with E-state index in [4.69, 9.17) is 21.7 Å². The van der Waals surface area contributed by atoms with Gasteiger partial charge in [-0.2, -0.15) is 0 Å². The van der Waals surface area contributed by atoms with Crippen LogP contribution >= 0.6 is 35.7 Å². The van der Waals surface area contributed by atoms with Crippen LogP contribution in [-0.4, -0.2) is 42.1 Å². The van der Waals surface area contributed by atoms with E-state index in [2.05, 4.69) is 37.8 Å². The second kappa shape index (κ2) is 9.79. The summed E-state index contributed by atoms with van der Waals surface area (Å²) in [6.45, 7) is 11.2. The molecule has 0 saturated carbocycles. The number of thiocarbonyl (C=S) groups is 1. The topological polar surface area (TPSA) is 55.8 Å². The Balaban J connectivity index is 2.15. The molecule has 1 aromatic carbocycles. The minimum atomic E-state index is -0.513. The van der Waals surface area contributed by atoms with Crippen molar-refractivity contribution in [3.05, 3.63) is 43.9 Å². The minimum absolute atomic E-state index is 0.232. The van der Waals surface area contributed by atoms with E-state index >= 15 is 0 Å². The summed E-state index contributed by atoms with van der Waals surface area (Å²) in [6, 6.07) is 8.16. The van der Waals surface area contributed by atoms with Gasteiger partial charge in [0.2, 0.25) is 0 Å². The molecule has 31 heavy (non-hydrogen) atoms. The lowest BCUT2D eigenvalue weighted by Crippen LogP contribution is -2.53. The highest BCUT2D eigenvalue weighted by Crippen LogP contribution is 2.56. The van der Waals surface area contributed by atoms with Crippen molar-refractivity contribution in [3.8, 4) is 0 Å². The molecule has 0 amide bonds. The molecule has 0 radical (unpaired) electrons. The van der Waals surface area contributed by atoms with Crippen LogP contribution in [0.25, 0.3) is 5.57 Å². The van der Waals surface area contributed by atoms with Gasteiger partial charge in [-0.25, -0.2) is 9.59 Å². The molecule has 3 rings (SSSR count). The molecule has 1 aromatic rings. The van der Waals surface area contributed by atoms with Crippen molar-refractivity contribution in [2.24, 2.45) is 0 Å².